The number of hydrogen-bond acceptors (Lipinski definition) is 0. The van der Waals surface area contributed by atoms with E-state index in [0.29, 0.717) is 0 Å². The van der Waals surface area contributed by atoms with E-state index in [1.807, 2.05) is 0 Å². The molecule has 0 bridgehead atoms. The SMILES string of the molecule is c1ccc(-c2cccc(-c3ccc4c5ccccc5n(-c5ccc(-c6ccc7c(c6)c6ccccc6n7-c6ccccc6)cc5)c4c3)c2)cc1. The van der Waals surface area contributed by atoms with Crippen LogP contribution in [0.25, 0.3) is 88.4 Å². The molecule has 0 saturated heterocycles. The minimum Gasteiger partial charge on any atom is -0.309 e. The molecule has 2 heterocycles. The van der Waals surface area contributed by atoms with Crippen molar-refractivity contribution in [3.8, 4) is 44.8 Å². The van der Waals surface area contributed by atoms with Crippen LogP contribution in [0.3, 0.4) is 0 Å². The zero-order chi connectivity index (χ0) is 33.0. The van der Waals surface area contributed by atoms with Gasteiger partial charge in [0.25, 0.3) is 0 Å². The smallest absolute Gasteiger partial charge is 0.0547 e. The number of para-hydroxylation sites is 3. The number of nitrogens with zero attached hydrogens (tertiary/aromatic N) is 2. The van der Waals surface area contributed by atoms with Crippen LogP contribution < -0.4 is 0 Å². The number of aromatic nitrogens is 2. The summed E-state index contributed by atoms with van der Waals surface area (Å²) in [5, 5.41) is 5.04. The van der Waals surface area contributed by atoms with Gasteiger partial charge >= 0.3 is 0 Å². The van der Waals surface area contributed by atoms with Gasteiger partial charge in [-0.3, -0.25) is 0 Å². The average Bonchev–Trinajstić information content (AvgIpc) is 3.71. The van der Waals surface area contributed by atoms with Crippen LogP contribution >= 0.6 is 0 Å². The minimum absolute atomic E-state index is 1.15. The monoisotopic (exact) mass is 636 g/mol. The Bertz CT molecular complexity index is 2840. The fourth-order valence-corrected chi connectivity index (χ4v) is 7.75. The van der Waals surface area contributed by atoms with Gasteiger partial charge in [-0.05, 0) is 94.0 Å². The topological polar surface area (TPSA) is 9.86 Å². The van der Waals surface area contributed by atoms with E-state index in [0.717, 1.165) is 5.69 Å². The van der Waals surface area contributed by atoms with Crippen LogP contribution in [-0.2, 0) is 0 Å². The van der Waals surface area contributed by atoms with E-state index >= 15 is 0 Å². The number of rotatable bonds is 5. The van der Waals surface area contributed by atoms with Crippen molar-refractivity contribution >= 4 is 43.6 Å². The molecule has 0 aliphatic rings. The highest BCUT2D eigenvalue weighted by Crippen LogP contribution is 2.38. The van der Waals surface area contributed by atoms with E-state index in [-0.39, 0.29) is 0 Å². The summed E-state index contributed by atoms with van der Waals surface area (Å²) in [7, 11) is 0. The van der Waals surface area contributed by atoms with E-state index in [4.69, 9.17) is 0 Å². The predicted octanol–water partition coefficient (Wildman–Crippen LogP) is 12.9. The first-order valence-electron chi connectivity index (χ1n) is 17.2. The van der Waals surface area contributed by atoms with Crippen LogP contribution in [0.4, 0.5) is 0 Å². The Morgan fingerprint density at radius 2 is 0.660 bits per heavy atom. The zero-order valence-electron chi connectivity index (χ0n) is 27.4. The standard InChI is InChI=1S/C48H32N2/c1-3-12-33(13-4-1)35-14-11-15-36(30-35)38-24-28-43-41-18-7-9-20-45(41)50(48(43)32-38)40-26-22-34(23-27-40)37-25-29-47-44(31-37)42-19-8-10-21-46(42)49(47)39-16-5-2-6-17-39/h1-32H. The molecule has 10 aromatic rings. The molecule has 0 atom stereocenters. The Kier molecular flexibility index (Phi) is 6.53. The second-order valence-electron chi connectivity index (χ2n) is 13.0. The summed E-state index contributed by atoms with van der Waals surface area (Å²) in [6.45, 7) is 0. The van der Waals surface area contributed by atoms with E-state index in [1.54, 1.807) is 0 Å². The zero-order valence-corrected chi connectivity index (χ0v) is 27.4. The molecular weight excluding hydrogens is 605 g/mol. The first-order chi connectivity index (χ1) is 24.8. The lowest BCUT2D eigenvalue weighted by molar-refractivity contribution is 1.18. The maximum absolute atomic E-state index is 2.41. The quantitative estimate of drug-likeness (QED) is 0.178. The van der Waals surface area contributed by atoms with Gasteiger partial charge in [0, 0.05) is 32.9 Å². The predicted molar refractivity (Wildman–Crippen MR) is 211 cm³/mol. The molecular formula is C48H32N2. The molecule has 2 heteroatoms. The Morgan fingerprint density at radius 3 is 1.40 bits per heavy atom. The van der Waals surface area contributed by atoms with Crippen LogP contribution in [0, 0.1) is 0 Å². The highest BCUT2D eigenvalue weighted by Gasteiger charge is 2.15. The van der Waals surface area contributed by atoms with Crippen molar-refractivity contribution in [3.05, 3.63) is 194 Å². The van der Waals surface area contributed by atoms with E-state index in [1.165, 1.54) is 82.7 Å². The minimum atomic E-state index is 1.15. The summed E-state index contributed by atoms with van der Waals surface area (Å²) >= 11 is 0. The molecule has 0 aliphatic carbocycles. The average molecular weight is 637 g/mol. The molecule has 0 radical (unpaired) electrons. The fraction of sp³-hybridized carbons (Fsp3) is 0. The largest absolute Gasteiger partial charge is 0.309 e. The Hall–Kier alpha value is -6.64. The van der Waals surface area contributed by atoms with Gasteiger partial charge in [0.05, 0.1) is 22.1 Å². The molecule has 0 aliphatic heterocycles. The Balaban J connectivity index is 1.08. The number of benzene rings is 8. The van der Waals surface area contributed by atoms with E-state index in [9.17, 15) is 0 Å². The van der Waals surface area contributed by atoms with Crippen molar-refractivity contribution in [3.63, 3.8) is 0 Å². The van der Waals surface area contributed by atoms with Crippen molar-refractivity contribution < 1.29 is 0 Å². The first-order valence-corrected chi connectivity index (χ1v) is 17.2. The van der Waals surface area contributed by atoms with Crippen LogP contribution in [-0.4, -0.2) is 9.13 Å². The lowest BCUT2D eigenvalue weighted by atomic mass is 9.98. The van der Waals surface area contributed by atoms with E-state index < -0.39 is 0 Å². The van der Waals surface area contributed by atoms with Crippen molar-refractivity contribution in [2.45, 2.75) is 0 Å². The van der Waals surface area contributed by atoms with Gasteiger partial charge in [0.15, 0.2) is 0 Å². The second-order valence-corrected chi connectivity index (χ2v) is 13.0. The summed E-state index contributed by atoms with van der Waals surface area (Å²) in [4.78, 5) is 0. The van der Waals surface area contributed by atoms with Gasteiger partial charge in [-0.15, -0.1) is 0 Å². The Labute approximate surface area is 290 Å². The van der Waals surface area contributed by atoms with Crippen LogP contribution in [0.5, 0.6) is 0 Å². The van der Waals surface area contributed by atoms with Crippen molar-refractivity contribution in [1.29, 1.82) is 0 Å². The van der Waals surface area contributed by atoms with Crippen LogP contribution in [0.1, 0.15) is 0 Å². The molecule has 0 saturated carbocycles. The highest BCUT2D eigenvalue weighted by atomic mass is 15.0. The van der Waals surface area contributed by atoms with E-state index in [2.05, 4.69) is 203 Å². The molecule has 0 N–H and O–H groups in total. The molecule has 0 fully saturated rings. The summed E-state index contributed by atoms with van der Waals surface area (Å²) in [6.07, 6.45) is 0. The molecule has 10 rings (SSSR count). The third-order valence-electron chi connectivity index (χ3n) is 10.1. The molecule has 2 aromatic heterocycles. The first kappa shape index (κ1) is 28.4. The molecule has 0 amide bonds. The molecule has 50 heavy (non-hydrogen) atoms. The molecule has 0 spiro atoms. The maximum atomic E-state index is 2.41. The summed E-state index contributed by atoms with van der Waals surface area (Å²) in [5.41, 5.74) is 14.5. The Morgan fingerprint density at radius 1 is 0.220 bits per heavy atom. The van der Waals surface area contributed by atoms with Crippen LogP contribution in [0.2, 0.25) is 0 Å². The molecule has 2 nitrogen and oxygen atoms in total. The van der Waals surface area contributed by atoms with Crippen molar-refractivity contribution in [2.75, 3.05) is 0 Å². The van der Waals surface area contributed by atoms with Gasteiger partial charge in [0.2, 0.25) is 0 Å². The van der Waals surface area contributed by atoms with Gasteiger partial charge in [-0.1, -0.05) is 133 Å². The summed E-state index contributed by atoms with van der Waals surface area (Å²) in [5.74, 6) is 0. The van der Waals surface area contributed by atoms with Crippen molar-refractivity contribution in [1.82, 2.24) is 9.13 Å². The second kappa shape index (κ2) is 11.5. The normalized spacial score (nSPS) is 11.6. The molecule has 234 valence electrons. The summed E-state index contributed by atoms with van der Waals surface area (Å²) in [6, 6.07) is 70.4. The van der Waals surface area contributed by atoms with Gasteiger partial charge < -0.3 is 9.13 Å². The van der Waals surface area contributed by atoms with Gasteiger partial charge in [-0.2, -0.15) is 0 Å². The molecule has 8 aromatic carbocycles. The maximum Gasteiger partial charge on any atom is 0.0547 e. The molecule has 0 unspecified atom stereocenters. The van der Waals surface area contributed by atoms with Gasteiger partial charge in [0.1, 0.15) is 0 Å². The lowest BCUT2D eigenvalue weighted by Gasteiger charge is -2.11. The van der Waals surface area contributed by atoms with Crippen molar-refractivity contribution in [2.24, 2.45) is 0 Å². The fourth-order valence-electron chi connectivity index (χ4n) is 7.75. The summed E-state index contributed by atoms with van der Waals surface area (Å²) < 4.78 is 4.78. The number of fused-ring (bicyclic) bond motifs is 6. The third-order valence-corrected chi connectivity index (χ3v) is 10.1. The number of hydrogen-bond donors (Lipinski definition) is 0. The lowest BCUT2D eigenvalue weighted by Crippen LogP contribution is -1.94. The van der Waals surface area contributed by atoms with Gasteiger partial charge in [-0.25, -0.2) is 0 Å². The highest BCUT2D eigenvalue weighted by molar-refractivity contribution is 6.11. The third kappa shape index (κ3) is 4.57. The van der Waals surface area contributed by atoms with Crippen LogP contribution in [0.15, 0.2) is 194 Å².